The summed E-state index contributed by atoms with van der Waals surface area (Å²) in [5, 5.41) is 1.44. The van der Waals surface area contributed by atoms with Gasteiger partial charge in [0.1, 0.15) is 4.47 Å². The van der Waals surface area contributed by atoms with Crippen LogP contribution in [-0.2, 0) is 11.9 Å². The molecule has 0 N–H and O–H groups in total. The molecule has 0 unspecified atom stereocenters. The monoisotopic (exact) mass is 324 g/mol. The first-order chi connectivity index (χ1) is 6.24. The molecule has 6 heteroatoms. The van der Waals surface area contributed by atoms with Crippen LogP contribution in [0.2, 0.25) is 0 Å². The van der Waals surface area contributed by atoms with Crippen molar-refractivity contribution in [2.24, 2.45) is 0 Å². The number of halogens is 2. The minimum Gasteiger partial charge on any atom is -0.286 e. The Bertz CT molecular complexity index is 403. The van der Waals surface area contributed by atoms with Gasteiger partial charge in [-0.25, -0.2) is 4.98 Å². The zero-order valence-corrected chi connectivity index (χ0v) is 10.6. The number of hydrogen-bond acceptors (Lipinski definition) is 3. The van der Waals surface area contributed by atoms with Crippen molar-refractivity contribution in [3.8, 4) is 0 Å². The predicted molar refractivity (Wildman–Crippen MR) is 59.6 cm³/mol. The second-order valence-electron chi connectivity index (χ2n) is 2.59. The minimum atomic E-state index is 0.0319. The fourth-order valence-corrected chi connectivity index (χ4v) is 3.36. The van der Waals surface area contributed by atoms with E-state index in [4.69, 9.17) is 0 Å². The molecule has 13 heavy (non-hydrogen) atoms. The van der Waals surface area contributed by atoms with Crippen LogP contribution >= 0.6 is 43.6 Å². The summed E-state index contributed by atoms with van der Waals surface area (Å²) in [6, 6.07) is 0. The normalized spacial score (nSPS) is 14.6. The zero-order chi connectivity index (χ0) is 9.42. The Hall–Kier alpha value is 0.190. The van der Waals surface area contributed by atoms with Gasteiger partial charge in [0.25, 0.3) is 5.56 Å². The first kappa shape index (κ1) is 9.73. The van der Waals surface area contributed by atoms with Crippen molar-refractivity contribution < 1.29 is 0 Å². The summed E-state index contributed by atoms with van der Waals surface area (Å²) in [5.74, 6) is 0.945. The van der Waals surface area contributed by atoms with E-state index in [-0.39, 0.29) is 5.56 Å². The molecule has 0 saturated heterocycles. The second-order valence-corrected chi connectivity index (χ2v) is 5.01. The molecule has 70 valence electrons. The highest BCUT2D eigenvalue weighted by atomic mass is 79.9. The van der Waals surface area contributed by atoms with Crippen LogP contribution < -0.4 is 5.56 Å². The van der Waals surface area contributed by atoms with Crippen molar-refractivity contribution in [3.05, 3.63) is 20.5 Å². The van der Waals surface area contributed by atoms with E-state index in [2.05, 4.69) is 36.8 Å². The average Bonchev–Trinajstić information content (AvgIpc) is 2.59. The highest BCUT2D eigenvalue weighted by Gasteiger charge is 2.18. The molecule has 3 nitrogen and oxygen atoms in total. The average molecular weight is 326 g/mol. The smallest absolute Gasteiger partial charge is 0.268 e. The summed E-state index contributed by atoms with van der Waals surface area (Å²) in [7, 11) is 0. The molecular weight excluding hydrogens is 320 g/mol. The van der Waals surface area contributed by atoms with Gasteiger partial charge in [-0.2, -0.15) is 0 Å². The maximum absolute atomic E-state index is 11.7. The summed E-state index contributed by atoms with van der Waals surface area (Å²) in [4.78, 5) is 16.0. The van der Waals surface area contributed by atoms with Gasteiger partial charge in [0.15, 0.2) is 5.16 Å². The Morgan fingerprint density at radius 1 is 1.62 bits per heavy atom. The van der Waals surface area contributed by atoms with E-state index in [9.17, 15) is 4.79 Å². The number of thioether (sulfide) groups is 1. The second kappa shape index (κ2) is 3.74. The lowest BCUT2D eigenvalue weighted by Crippen LogP contribution is -2.22. The van der Waals surface area contributed by atoms with Gasteiger partial charge >= 0.3 is 0 Å². The quantitative estimate of drug-likeness (QED) is 0.585. The lowest BCUT2D eigenvalue weighted by atomic mass is 10.4. The molecule has 2 heterocycles. The lowest BCUT2D eigenvalue weighted by Gasteiger charge is -2.04. The van der Waals surface area contributed by atoms with Crippen LogP contribution in [-0.4, -0.2) is 15.3 Å². The van der Waals surface area contributed by atoms with E-state index in [1.54, 1.807) is 16.3 Å². The van der Waals surface area contributed by atoms with E-state index < -0.39 is 0 Å². The van der Waals surface area contributed by atoms with Crippen molar-refractivity contribution in [3.63, 3.8) is 0 Å². The van der Waals surface area contributed by atoms with Gasteiger partial charge in [0.05, 0.1) is 5.69 Å². The predicted octanol–water partition coefficient (Wildman–Crippen LogP) is 2.01. The Kier molecular flexibility index (Phi) is 2.80. The maximum Gasteiger partial charge on any atom is 0.268 e. The molecule has 0 saturated carbocycles. The minimum absolute atomic E-state index is 0.0319. The van der Waals surface area contributed by atoms with Crippen LogP contribution in [0.15, 0.2) is 14.4 Å². The molecule has 0 aromatic carbocycles. The molecule has 0 atom stereocenters. The first-order valence-electron chi connectivity index (χ1n) is 3.72. The summed E-state index contributed by atoms with van der Waals surface area (Å²) in [6.07, 6.45) is 0. The zero-order valence-electron chi connectivity index (χ0n) is 6.59. The Labute approximate surface area is 96.2 Å². The molecule has 2 rings (SSSR count). The van der Waals surface area contributed by atoms with Gasteiger partial charge in [-0.05, 0) is 15.9 Å². The number of hydrogen-bond donors (Lipinski definition) is 0. The summed E-state index contributed by atoms with van der Waals surface area (Å²) in [5.41, 5.74) is 0.815. The van der Waals surface area contributed by atoms with E-state index in [0.29, 0.717) is 9.80 Å². The SMILES string of the molecule is O=c1c(Br)c(CBr)nc2n1CCS2. The summed E-state index contributed by atoms with van der Waals surface area (Å²) >= 11 is 8.19. The van der Waals surface area contributed by atoms with Gasteiger partial charge in [0.2, 0.25) is 0 Å². The van der Waals surface area contributed by atoms with Crippen molar-refractivity contribution in [2.45, 2.75) is 17.0 Å². The summed E-state index contributed by atoms with van der Waals surface area (Å²) in [6.45, 7) is 0.771. The van der Waals surface area contributed by atoms with Gasteiger partial charge in [-0.1, -0.05) is 27.7 Å². The maximum atomic E-state index is 11.7. The van der Waals surface area contributed by atoms with Crippen molar-refractivity contribution in [1.82, 2.24) is 9.55 Å². The van der Waals surface area contributed by atoms with E-state index in [1.165, 1.54) is 0 Å². The molecule has 1 aromatic heterocycles. The van der Waals surface area contributed by atoms with E-state index in [0.717, 1.165) is 23.1 Å². The van der Waals surface area contributed by atoms with Crippen LogP contribution in [0.4, 0.5) is 0 Å². The van der Waals surface area contributed by atoms with Crippen LogP contribution in [0.5, 0.6) is 0 Å². The molecule has 0 fully saturated rings. The molecule has 0 aliphatic carbocycles. The fourth-order valence-electron chi connectivity index (χ4n) is 1.18. The van der Waals surface area contributed by atoms with Crippen molar-refractivity contribution in [1.29, 1.82) is 0 Å². The molecule has 1 aliphatic heterocycles. The van der Waals surface area contributed by atoms with Gasteiger partial charge in [0, 0.05) is 17.6 Å². The van der Waals surface area contributed by atoms with Crippen LogP contribution in [0.1, 0.15) is 5.69 Å². The molecule has 0 bridgehead atoms. The highest BCUT2D eigenvalue weighted by molar-refractivity contribution is 9.10. The Balaban J connectivity index is 2.68. The lowest BCUT2D eigenvalue weighted by molar-refractivity contribution is 0.643. The van der Waals surface area contributed by atoms with Crippen molar-refractivity contribution in [2.75, 3.05) is 5.75 Å². The number of nitrogens with zero attached hydrogens (tertiary/aromatic N) is 2. The molecule has 0 radical (unpaired) electrons. The van der Waals surface area contributed by atoms with Crippen LogP contribution in [0, 0.1) is 0 Å². The first-order valence-corrected chi connectivity index (χ1v) is 6.62. The number of rotatable bonds is 1. The Morgan fingerprint density at radius 3 is 3.08 bits per heavy atom. The van der Waals surface area contributed by atoms with Gasteiger partial charge in [-0.3, -0.25) is 9.36 Å². The standard InChI is InChI=1S/C7H6Br2N2OS/c8-3-4-5(9)6(12)11-1-2-13-7(11)10-4/h1-3H2. The number of fused-ring (bicyclic) bond motifs is 1. The third kappa shape index (κ3) is 1.59. The molecule has 1 aliphatic rings. The third-order valence-corrected chi connectivity index (χ3v) is 4.11. The fraction of sp³-hybridized carbons (Fsp3) is 0.429. The van der Waals surface area contributed by atoms with Crippen LogP contribution in [0.25, 0.3) is 0 Å². The summed E-state index contributed by atoms with van der Waals surface area (Å²) < 4.78 is 2.29. The molecule has 0 spiro atoms. The van der Waals surface area contributed by atoms with E-state index >= 15 is 0 Å². The van der Waals surface area contributed by atoms with E-state index in [1.807, 2.05) is 0 Å². The van der Waals surface area contributed by atoms with Gasteiger partial charge < -0.3 is 0 Å². The van der Waals surface area contributed by atoms with Gasteiger partial charge in [-0.15, -0.1) is 0 Å². The van der Waals surface area contributed by atoms with Crippen molar-refractivity contribution >= 4 is 43.6 Å². The number of alkyl halides is 1. The molecule has 1 aromatic rings. The third-order valence-electron chi connectivity index (χ3n) is 1.82. The molecular formula is C7H6Br2N2OS. The molecule has 0 amide bonds. The van der Waals surface area contributed by atoms with Crippen LogP contribution in [0.3, 0.4) is 0 Å². The topological polar surface area (TPSA) is 34.9 Å². The highest BCUT2D eigenvalue weighted by Crippen LogP contribution is 2.24. The largest absolute Gasteiger partial charge is 0.286 e. The Morgan fingerprint density at radius 2 is 2.38 bits per heavy atom. The number of aromatic nitrogens is 2.